The van der Waals surface area contributed by atoms with E-state index in [1.165, 1.54) is 0 Å². The lowest BCUT2D eigenvalue weighted by molar-refractivity contribution is 0.102. The van der Waals surface area contributed by atoms with Crippen molar-refractivity contribution in [1.82, 2.24) is 19.6 Å². The number of para-hydroxylation sites is 1. The van der Waals surface area contributed by atoms with Crippen LogP contribution in [0.2, 0.25) is 0 Å². The number of hydrogen-bond acceptors (Lipinski definition) is 5. The number of methoxy groups -OCH3 is 2. The van der Waals surface area contributed by atoms with Crippen LogP contribution in [0.3, 0.4) is 0 Å². The molecule has 2 aromatic heterocycles. The molecule has 0 saturated carbocycles. The molecule has 0 spiro atoms. The van der Waals surface area contributed by atoms with Gasteiger partial charge in [0.1, 0.15) is 0 Å². The Balaban J connectivity index is 1.79. The molecular formula is C22H21N5O3. The van der Waals surface area contributed by atoms with Crippen LogP contribution >= 0.6 is 0 Å². The Morgan fingerprint density at radius 2 is 1.73 bits per heavy atom. The largest absolute Gasteiger partial charge is 0.493 e. The lowest BCUT2D eigenvalue weighted by Crippen LogP contribution is -2.14. The second-order valence-electron chi connectivity index (χ2n) is 6.57. The van der Waals surface area contributed by atoms with E-state index in [9.17, 15) is 4.79 Å². The summed E-state index contributed by atoms with van der Waals surface area (Å²) in [4.78, 5) is 13.0. The molecule has 0 saturated heterocycles. The number of benzene rings is 2. The first kappa shape index (κ1) is 19.3. The number of hydrogen-bond donors (Lipinski definition) is 1. The van der Waals surface area contributed by atoms with Crippen LogP contribution in [0.25, 0.3) is 16.8 Å². The number of aromatic nitrogens is 4. The topological polar surface area (TPSA) is 83.2 Å². The summed E-state index contributed by atoms with van der Waals surface area (Å²) in [6, 6.07) is 16.8. The highest BCUT2D eigenvalue weighted by atomic mass is 16.5. The molecule has 8 heteroatoms. The fraction of sp³-hybridized carbons (Fsp3) is 0.136. The van der Waals surface area contributed by atoms with Gasteiger partial charge in [-0.1, -0.05) is 24.3 Å². The van der Waals surface area contributed by atoms with E-state index in [0.717, 1.165) is 11.3 Å². The Morgan fingerprint density at radius 1 is 0.967 bits per heavy atom. The lowest BCUT2D eigenvalue weighted by Gasteiger charge is -2.09. The van der Waals surface area contributed by atoms with E-state index in [2.05, 4.69) is 15.5 Å². The van der Waals surface area contributed by atoms with E-state index in [0.29, 0.717) is 22.9 Å². The second-order valence-corrected chi connectivity index (χ2v) is 6.57. The van der Waals surface area contributed by atoms with Gasteiger partial charge in [-0.05, 0) is 29.8 Å². The molecule has 0 aliphatic heterocycles. The van der Waals surface area contributed by atoms with E-state index < -0.39 is 0 Å². The summed E-state index contributed by atoms with van der Waals surface area (Å²) >= 11 is 0. The summed E-state index contributed by atoms with van der Waals surface area (Å²) < 4.78 is 14.0. The summed E-state index contributed by atoms with van der Waals surface area (Å²) in [6.07, 6.45) is 3.58. The summed E-state index contributed by atoms with van der Waals surface area (Å²) in [5.41, 5.74) is 2.56. The average Bonchev–Trinajstić information content (AvgIpc) is 3.40. The molecule has 30 heavy (non-hydrogen) atoms. The zero-order chi connectivity index (χ0) is 21.1. The van der Waals surface area contributed by atoms with Gasteiger partial charge in [-0.3, -0.25) is 9.48 Å². The van der Waals surface area contributed by atoms with Crippen LogP contribution in [0.5, 0.6) is 11.5 Å². The molecule has 0 fully saturated rings. The van der Waals surface area contributed by atoms with E-state index in [1.54, 1.807) is 49.0 Å². The van der Waals surface area contributed by atoms with Crippen molar-refractivity contribution < 1.29 is 14.3 Å². The molecule has 2 aromatic carbocycles. The van der Waals surface area contributed by atoms with Crippen molar-refractivity contribution in [2.24, 2.45) is 7.05 Å². The third kappa shape index (κ3) is 3.75. The Morgan fingerprint density at radius 3 is 2.40 bits per heavy atom. The van der Waals surface area contributed by atoms with Crippen molar-refractivity contribution in [3.63, 3.8) is 0 Å². The number of carbonyl (C=O) groups is 1. The molecule has 1 N–H and O–H groups in total. The van der Waals surface area contributed by atoms with Crippen molar-refractivity contribution in [1.29, 1.82) is 0 Å². The number of carbonyl (C=O) groups excluding carboxylic acids is 1. The highest BCUT2D eigenvalue weighted by Crippen LogP contribution is 2.34. The monoisotopic (exact) mass is 403 g/mol. The van der Waals surface area contributed by atoms with Crippen molar-refractivity contribution in [2.75, 3.05) is 19.5 Å². The average molecular weight is 403 g/mol. The number of nitrogens with one attached hydrogen (secondary N) is 1. The zero-order valence-electron chi connectivity index (χ0n) is 16.9. The molecular weight excluding hydrogens is 382 g/mol. The number of amides is 1. The standard InChI is InChI=1S/C22H21N5O3/c1-26-12-11-20(24-26)23-22(28)21-17(14-27(25-21)16-7-5-4-6-8-16)15-9-10-18(29-2)19(13-15)30-3/h4-14H,1-3H3,(H,23,24,28). The maximum Gasteiger partial charge on any atom is 0.278 e. The van der Waals surface area contributed by atoms with Gasteiger partial charge in [0, 0.05) is 31.1 Å². The molecule has 4 aromatic rings. The third-order valence-corrected chi connectivity index (χ3v) is 4.60. The SMILES string of the molecule is COc1ccc(-c2cn(-c3ccccc3)nc2C(=O)Nc2ccn(C)n2)cc1OC. The fourth-order valence-corrected chi connectivity index (χ4v) is 3.13. The minimum atomic E-state index is -0.354. The molecule has 0 atom stereocenters. The summed E-state index contributed by atoms with van der Waals surface area (Å²) in [5, 5.41) is 11.6. The van der Waals surface area contributed by atoms with Crippen LogP contribution in [-0.2, 0) is 7.05 Å². The minimum absolute atomic E-state index is 0.275. The molecule has 152 valence electrons. The highest BCUT2D eigenvalue weighted by molar-refractivity contribution is 6.06. The third-order valence-electron chi connectivity index (χ3n) is 4.60. The van der Waals surface area contributed by atoms with Crippen molar-refractivity contribution >= 4 is 11.7 Å². The van der Waals surface area contributed by atoms with Crippen LogP contribution in [0.15, 0.2) is 67.0 Å². The first-order chi connectivity index (χ1) is 14.6. The van der Waals surface area contributed by atoms with Gasteiger partial charge >= 0.3 is 0 Å². The molecule has 0 bridgehead atoms. The number of anilines is 1. The van der Waals surface area contributed by atoms with Gasteiger partial charge in [0.25, 0.3) is 5.91 Å². The molecule has 4 rings (SSSR count). The number of rotatable bonds is 6. The Kier molecular flexibility index (Phi) is 5.21. The van der Waals surface area contributed by atoms with E-state index in [-0.39, 0.29) is 11.6 Å². The van der Waals surface area contributed by atoms with Crippen LogP contribution in [0.1, 0.15) is 10.5 Å². The first-order valence-electron chi connectivity index (χ1n) is 9.27. The zero-order valence-corrected chi connectivity index (χ0v) is 16.9. The van der Waals surface area contributed by atoms with Gasteiger partial charge in [0.2, 0.25) is 0 Å². The summed E-state index contributed by atoms with van der Waals surface area (Å²) in [5.74, 6) is 1.28. The maximum absolute atomic E-state index is 13.0. The maximum atomic E-state index is 13.0. The predicted molar refractivity (Wildman–Crippen MR) is 113 cm³/mol. The second kappa shape index (κ2) is 8.12. The van der Waals surface area contributed by atoms with Gasteiger partial charge < -0.3 is 14.8 Å². The molecule has 0 unspecified atom stereocenters. The van der Waals surface area contributed by atoms with E-state index in [4.69, 9.17) is 9.47 Å². The quantitative estimate of drug-likeness (QED) is 0.532. The van der Waals surface area contributed by atoms with Crippen LogP contribution in [0, 0.1) is 0 Å². The van der Waals surface area contributed by atoms with Gasteiger partial charge in [-0.25, -0.2) is 4.68 Å². The van der Waals surface area contributed by atoms with Crippen molar-refractivity contribution in [2.45, 2.75) is 0 Å². The van der Waals surface area contributed by atoms with Gasteiger partial charge in [-0.2, -0.15) is 10.2 Å². The Hall–Kier alpha value is -4.07. The Labute approximate surface area is 173 Å². The fourth-order valence-electron chi connectivity index (χ4n) is 3.13. The van der Waals surface area contributed by atoms with E-state index >= 15 is 0 Å². The number of nitrogens with zero attached hydrogens (tertiary/aromatic N) is 4. The number of aryl methyl sites for hydroxylation is 1. The van der Waals surface area contributed by atoms with Crippen LogP contribution < -0.4 is 14.8 Å². The molecule has 2 heterocycles. The summed E-state index contributed by atoms with van der Waals surface area (Å²) in [6.45, 7) is 0. The molecule has 8 nitrogen and oxygen atoms in total. The predicted octanol–water partition coefficient (Wildman–Crippen LogP) is 3.54. The lowest BCUT2D eigenvalue weighted by atomic mass is 10.1. The van der Waals surface area contributed by atoms with Gasteiger partial charge in [0.15, 0.2) is 23.0 Å². The van der Waals surface area contributed by atoms with E-state index in [1.807, 2.05) is 48.7 Å². The van der Waals surface area contributed by atoms with Crippen molar-refractivity contribution in [3.8, 4) is 28.3 Å². The van der Waals surface area contributed by atoms with Crippen LogP contribution in [0.4, 0.5) is 5.82 Å². The first-order valence-corrected chi connectivity index (χ1v) is 9.27. The molecule has 0 aliphatic rings. The Bertz CT molecular complexity index is 1180. The normalized spacial score (nSPS) is 10.6. The number of ether oxygens (including phenoxy) is 2. The molecule has 0 aliphatic carbocycles. The van der Waals surface area contributed by atoms with Crippen molar-refractivity contribution in [3.05, 3.63) is 72.7 Å². The molecule has 0 radical (unpaired) electrons. The van der Waals surface area contributed by atoms with Gasteiger partial charge in [0.05, 0.1) is 19.9 Å². The molecule has 1 amide bonds. The highest BCUT2D eigenvalue weighted by Gasteiger charge is 2.21. The van der Waals surface area contributed by atoms with Gasteiger partial charge in [-0.15, -0.1) is 0 Å². The van der Waals surface area contributed by atoms with Crippen LogP contribution in [-0.4, -0.2) is 39.7 Å². The minimum Gasteiger partial charge on any atom is -0.493 e. The smallest absolute Gasteiger partial charge is 0.278 e. The summed E-state index contributed by atoms with van der Waals surface area (Å²) in [7, 11) is 4.94.